The van der Waals surface area contributed by atoms with E-state index in [1.54, 1.807) is 20.3 Å². The molecule has 0 spiro atoms. The van der Waals surface area contributed by atoms with Crippen LogP contribution in [0.4, 0.5) is 0 Å². The van der Waals surface area contributed by atoms with E-state index in [2.05, 4.69) is 9.97 Å². The maximum Gasteiger partial charge on any atom is 0.285 e. The van der Waals surface area contributed by atoms with Crippen molar-refractivity contribution in [2.45, 2.75) is 16.6 Å². The molecule has 2 aromatic rings. The number of methoxy groups -OCH3 is 2. The molecule has 7 heteroatoms. The zero-order valence-corrected chi connectivity index (χ0v) is 13.4. The minimum absolute atomic E-state index is 0.155. The van der Waals surface area contributed by atoms with Crippen LogP contribution in [-0.2, 0) is 6.42 Å². The number of fused-ring (bicyclic) bond motifs is 1. The van der Waals surface area contributed by atoms with Gasteiger partial charge in [0.25, 0.3) is 5.56 Å². The van der Waals surface area contributed by atoms with Gasteiger partial charge in [0, 0.05) is 18.5 Å². The van der Waals surface area contributed by atoms with Crippen molar-refractivity contribution in [1.82, 2.24) is 9.97 Å². The highest BCUT2D eigenvalue weighted by Gasteiger charge is 2.35. The summed E-state index contributed by atoms with van der Waals surface area (Å²) in [5.74, 6) is 1.17. The van der Waals surface area contributed by atoms with Crippen molar-refractivity contribution in [2.24, 2.45) is 0 Å². The number of thioether (sulfide) groups is 1. The topological polar surface area (TPSA) is 78.4 Å². The number of aromatic nitrogens is 2. The van der Waals surface area contributed by atoms with E-state index in [0.29, 0.717) is 22.8 Å². The van der Waals surface area contributed by atoms with Gasteiger partial charge >= 0.3 is 0 Å². The highest BCUT2D eigenvalue weighted by molar-refractivity contribution is 8.01. The van der Waals surface area contributed by atoms with Crippen LogP contribution in [0.2, 0.25) is 0 Å². The van der Waals surface area contributed by atoms with Crippen LogP contribution in [0.25, 0.3) is 0 Å². The highest BCUT2D eigenvalue weighted by Crippen LogP contribution is 2.36. The summed E-state index contributed by atoms with van der Waals surface area (Å²) in [6, 6.07) is 5.44. The number of ether oxygens (including phenoxy) is 2. The van der Waals surface area contributed by atoms with Crippen LogP contribution in [0, 0.1) is 0 Å². The summed E-state index contributed by atoms with van der Waals surface area (Å²) < 4.78 is 10.5. The molecule has 0 bridgehead atoms. The molecule has 0 aliphatic carbocycles. The average molecular weight is 330 g/mol. The van der Waals surface area contributed by atoms with Crippen LogP contribution in [0.1, 0.15) is 16.1 Å². The molecule has 0 fully saturated rings. The summed E-state index contributed by atoms with van der Waals surface area (Å²) in [5.41, 5.74) is 0.659. The van der Waals surface area contributed by atoms with E-state index < -0.39 is 10.8 Å². The van der Waals surface area contributed by atoms with Crippen LogP contribution in [0.15, 0.2) is 40.3 Å². The standard InChI is InChI=1S/C16H14N2O4S/c1-21-10-4-3-9(11(8-10)22-2)7-12-14(19)13-15(23-12)16(20)18-6-5-17-13/h3-6,8,12H,7H2,1-2H3. The molecule has 1 aromatic heterocycles. The Morgan fingerprint density at radius 1 is 1.13 bits per heavy atom. The first-order valence-electron chi connectivity index (χ1n) is 6.91. The fourth-order valence-electron chi connectivity index (χ4n) is 2.41. The van der Waals surface area contributed by atoms with Gasteiger partial charge in [-0.1, -0.05) is 6.07 Å². The lowest BCUT2D eigenvalue weighted by molar-refractivity contribution is 0.0986. The molecular formula is C16H14N2O4S. The van der Waals surface area contributed by atoms with Gasteiger partial charge in [0.1, 0.15) is 22.1 Å². The Kier molecular flexibility index (Phi) is 4.29. The zero-order valence-electron chi connectivity index (χ0n) is 12.6. The van der Waals surface area contributed by atoms with E-state index in [0.717, 1.165) is 5.56 Å². The summed E-state index contributed by atoms with van der Waals surface area (Å²) in [6.45, 7) is 0. The first kappa shape index (κ1) is 15.5. The van der Waals surface area contributed by atoms with Crippen molar-refractivity contribution in [3.8, 4) is 11.5 Å². The SMILES string of the molecule is COc1ccc(CC2Sc3c(nccnc3=O)C2=O)c(OC)c1. The van der Waals surface area contributed by atoms with Crippen molar-refractivity contribution in [1.29, 1.82) is 0 Å². The second kappa shape index (κ2) is 6.37. The molecular weight excluding hydrogens is 316 g/mol. The fourth-order valence-corrected chi connectivity index (χ4v) is 3.60. The first-order valence-corrected chi connectivity index (χ1v) is 7.79. The van der Waals surface area contributed by atoms with Gasteiger partial charge in [0.2, 0.25) is 0 Å². The van der Waals surface area contributed by atoms with E-state index in [9.17, 15) is 9.59 Å². The van der Waals surface area contributed by atoms with E-state index in [1.807, 2.05) is 12.1 Å². The van der Waals surface area contributed by atoms with Gasteiger partial charge in [-0.05, 0) is 18.1 Å². The molecule has 6 nitrogen and oxygen atoms in total. The molecule has 0 saturated carbocycles. The summed E-state index contributed by atoms with van der Waals surface area (Å²) in [4.78, 5) is 32.5. The number of Topliss-reactive ketones (excluding diaryl/α,β-unsaturated/α-hetero) is 1. The van der Waals surface area contributed by atoms with Crippen molar-refractivity contribution >= 4 is 17.5 Å². The Hall–Kier alpha value is -2.41. The number of hydrogen-bond acceptors (Lipinski definition) is 7. The maximum absolute atomic E-state index is 12.5. The van der Waals surface area contributed by atoms with Gasteiger partial charge in [0.05, 0.1) is 19.5 Å². The van der Waals surface area contributed by atoms with Gasteiger partial charge in [0.15, 0.2) is 5.78 Å². The fraction of sp³-hybridized carbons (Fsp3) is 0.250. The molecule has 1 unspecified atom stereocenters. The Morgan fingerprint density at radius 2 is 1.91 bits per heavy atom. The predicted molar refractivity (Wildman–Crippen MR) is 85.5 cm³/mol. The molecule has 0 N–H and O–H groups in total. The van der Waals surface area contributed by atoms with E-state index in [4.69, 9.17) is 9.47 Å². The molecule has 2 heterocycles. The highest BCUT2D eigenvalue weighted by atomic mass is 32.2. The molecule has 3 rings (SSSR count). The smallest absolute Gasteiger partial charge is 0.285 e. The monoisotopic (exact) mass is 330 g/mol. The average Bonchev–Trinajstić information content (AvgIpc) is 2.75. The molecule has 1 atom stereocenters. The second-order valence-corrected chi connectivity index (χ2v) is 6.10. The van der Waals surface area contributed by atoms with Crippen LogP contribution < -0.4 is 15.0 Å². The summed E-state index contributed by atoms with van der Waals surface area (Å²) in [7, 11) is 3.15. The molecule has 0 saturated heterocycles. The minimum Gasteiger partial charge on any atom is -0.497 e. The molecule has 23 heavy (non-hydrogen) atoms. The largest absolute Gasteiger partial charge is 0.497 e. The van der Waals surface area contributed by atoms with Crippen molar-refractivity contribution in [3.05, 3.63) is 52.2 Å². The first-order chi connectivity index (χ1) is 11.1. The maximum atomic E-state index is 12.5. The molecule has 1 aliphatic heterocycles. The Morgan fingerprint density at radius 3 is 2.65 bits per heavy atom. The molecule has 0 radical (unpaired) electrons. The number of carbonyl (C=O) groups excluding carboxylic acids is 1. The summed E-state index contributed by atoms with van der Waals surface area (Å²) in [6.07, 6.45) is 3.11. The Bertz CT molecular complexity index is 825. The van der Waals surface area contributed by atoms with E-state index in [1.165, 1.54) is 24.2 Å². The van der Waals surface area contributed by atoms with Gasteiger partial charge in [-0.2, -0.15) is 0 Å². The van der Waals surface area contributed by atoms with E-state index >= 15 is 0 Å². The third kappa shape index (κ3) is 2.92. The van der Waals surface area contributed by atoms with Crippen molar-refractivity contribution < 1.29 is 14.3 Å². The van der Waals surface area contributed by atoms with E-state index in [-0.39, 0.29) is 11.5 Å². The quantitative estimate of drug-likeness (QED) is 0.845. The summed E-state index contributed by atoms with van der Waals surface area (Å²) in [5, 5.41) is -0.406. The summed E-state index contributed by atoms with van der Waals surface area (Å²) >= 11 is 1.21. The predicted octanol–water partition coefficient (Wildman–Crippen LogP) is 1.75. The van der Waals surface area contributed by atoms with Crippen LogP contribution in [-0.4, -0.2) is 35.2 Å². The number of rotatable bonds is 4. The normalized spacial score (nSPS) is 16.1. The minimum atomic E-state index is -0.417. The number of carbonyl (C=O) groups is 1. The third-order valence-corrected chi connectivity index (χ3v) is 4.83. The van der Waals surface area contributed by atoms with Crippen LogP contribution >= 0.6 is 11.8 Å². The van der Waals surface area contributed by atoms with Gasteiger partial charge < -0.3 is 9.47 Å². The Balaban J connectivity index is 1.91. The number of benzene rings is 1. The molecule has 118 valence electrons. The van der Waals surface area contributed by atoms with Gasteiger partial charge in [-0.25, -0.2) is 4.98 Å². The zero-order chi connectivity index (χ0) is 16.4. The lowest BCUT2D eigenvalue weighted by atomic mass is 10.0. The molecule has 1 aromatic carbocycles. The van der Waals surface area contributed by atoms with Crippen molar-refractivity contribution in [3.63, 3.8) is 0 Å². The molecule has 0 amide bonds. The number of nitrogens with zero attached hydrogens (tertiary/aromatic N) is 2. The van der Waals surface area contributed by atoms with Crippen LogP contribution in [0.5, 0.6) is 11.5 Å². The molecule has 1 aliphatic rings. The van der Waals surface area contributed by atoms with Gasteiger partial charge in [-0.15, -0.1) is 11.8 Å². The van der Waals surface area contributed by atoms with Gasteiger partial charge in [-0.3, -0.25) is 14.6 Å². The lowest BCUT2D eigenvalue weighted by Crippen LogP contribution is -2.16. The third-order valence-electron chi connectivity index (χ3n) is 3.56. The second-order valence-electron chi connectivity index (χ2n) is 4.89. The number of hydrogen-bond donors (Lipinski definition) is 0. The van der Waals surface area contributed by atoms with Crippen LogP contribution in [0.3, 0.4) is 0 Å². The lowest BCUT2D eigenvalue weighted by Gasteiger charge is -2.12. The Labute approximate surface area is 136 Å². The van der Waals surface area contributed by atoms with Crippen molar-refractivity contribution in [2.75, 3.05) is 14.2 Å². The number of ketones is 1.